The van der Waals surface area contributed by atoms with Crippen molar-refractivity contribution in [2.24, 2.45) is 0 Å². The van der Waals surface area contributed by atoms with Crippen molar-refractivity contribution in [3.8, 4) is 5.75 Å². The van der Waals surface area contributed by atoms with Crippen LogP contribution in [-0.2, 0) is 9.53 Å². The smallest absolute Gasteiger partial charge is 0.319 e. The Labute approximate surface area is 153 Å². The molecule has 8 heteroatoms. The van der Waals surface area contributed by atoms with E-state index in [0.29, 0.717) is 37.7 Å². The summed E-state index contributed by atoms with van der Waals surface area (Å²) in [4.78, 5) is 27.2. The maximum absolute atomic E-state index is 12.3. The van der Waals surface area contributed by atoms with Crippen LogP contribution in [0.1, 0.15) is 12.8 Å². The molecule has 2 aliphatic rings. The summed E-state index contributed by atoms with van der Waals surface area (Å²) in [7, 11) is 1.58. The van der Waals surface area contributed by atoms with Gasteiger partial charge in [0.1, 0.15) is 5.75 Å². The molecule has 2 N–H and O–H groups in total. The summed E-state index contributed by atoms with van der Waals surface area (Å²) in [6.45, 7) is 4.27. The predicted molar refractivity (Wildman–Crippen MR) is 98.8 cm³/mol. The molecular weight excluding hydrogens is 336 g/mol. The molecule has 0 unspecified atom stereocenters. The van der Waals surface area contributed by atoms with Gasteiger partial charge in [-0.05, 0) is 31.0 Å². The second-order valence-electron chi connectivity index (χ2n) is 6.50. The zero-order valence-electron chi connectivity index (χ0n) is 15.1. The van der Waals surface area contributed by atoms with Crippen LogP contribution in [0.3, 0.4) is 0 Å². The van der Waals surface area contributed by atoms with E-state index in [1.807, 2.05) is 18.2 Å². The highest BCUT2D eigenvalue weighted by atomic mass is 16.5. The molecule has 2 heterocycles. The Hall–Kier alpha value is -2.48. The summed E-state index contributed by atoms with van der Waals surface area (Å²) in [5.41, 5.74) is 1.63. The molecule has 0 spiro atoms. The van der Waals surface area contributed by atoms with Gasteiger partial charge in [-0.3, -0.25) is 4.79 Å². The number of nitrogens with zero attached hydrogens (tertiary/aromatic N) is 2. The molecule has 0 aromatic heterocycles. The number of carbonyl (C=O) groups is 2. The van der Waals surface area contributed by atoms with Crippen molar-refractivity contribution < 1.29 is 19.1 Å². The van der Waals surface area contributed by atoms with Crippen LogP contribution in [0.25, 0.3) is 0 Å². The van der Waals surface area contributed by atoms with Crippen LogP contribution in [0.4, 0.5) is 16.2 Å². The van der Waals surface area contributed by atoms with Crippen molar-refractivity contribution in [2.75, 3.05) is 56.7 Å². The van der Waals surface area contributed by atoms with E-state index in [1.54, 1.807) is 12.0 Å². The number of hydrogen-bond acceptors (Lipinski definition) is 5. The van der Waals surface area contributed by atoms with Crippen LogP contribution in [0, 0.1) is 0 Å². The van der Waals surface area contributed by atoms with Gasteiger partial charge >= 0.3 is 6.03 Å². The largest absolute Gasteiger partial charge is 0.495 e. The van der Waals surface area contributed by atoms with Crippen LogP contribution in [0.5, 0.6) is 5.75 Å². The van der Waals surface area contributed by atoms with Crippen molar-refractivity contribution in [2.45, 2.75) is 18.9 Å². The van der Waals surface area contributed by atoms with Crippen LogP contribution < -0.4 is 20.3 Å². The summed E-state index contributed by atoms with van der Waals surface area (Å²) in [6.07, 6.45) is 2.54. The normalized spacial score (nSPS) is 18.3. The number of ether oxygens (including phenoxy) is 2. The molecule has 3 amide bonds. The Bertz CT molecular complexity index is 626. The third-order valence-corrected chi connectivity index (χ3v) is 4.82. The highest BCUT2D eigenvalue weighted by molar-refractivity contribution is 5.92. The zero-order valence-corrected chi connectivity index (χ0v) is 15.1. The second-order valence-corrected chi connectivity index (χ2v) is 6.50. The molecule has 0 atom stereocenters. The fourth-order valence-electron chi connectivity index (χ4n) is 3.26. The number of anilines is 2. The Kier molecular flexibility index (Phi) is 6.17. The average molecular weight is 362 g/mol. The summed E-state index contributed by atoms with van der Waals surface area (Å²) in [5.74, 6) is 0.613. The van der Waals surface area contributed by atoms with Crippen molar-refractivity contribution in [1.29, 1.82) is 0 Å². The van der Waals surface area contributed by atoms with Crippen molar-refractivity contribution in [3.63, 3.8) is 0 Å². The standard InChI is InChI=1S/C18H26N4O4/c1-25-17-3-2-15(22-8-6-21(13-23)7-9-22)12-16(17)20-18(24)19-14-4-10-26-11-5-14/h2-3,12-14H,4-11H2,1H3,(H2,19,20,24). The minimum Gasteiger partial charge on any atom is -0.495 e. The molecule has 0 bridgehead atoms. The lowest BCUT2D eigenvalue weighted by Crippen LogP contribution is -2.45. The van der Waals surface area contributed by atoms with Gasteiger partial charge in [-0.1, -0.05) is 0 Å². The fraction of sp³-hybridized carbons (Fsp3) is 0.556. The number of urea groups is 1. The average Bonchev–Trinajstić information content (AvgIpc) is 2.68. The van der Waals surface area contributed by atoms with E-state index in [4.69, 9.17) is 9.47 Å². The molecule has 2 saturated heterocycles. The SMILES string of the molecule is COc1ccc(N2CCN(C=O)CC2)cc1NC(=O)NC1CCOCC1. The molecule has 0 saturated carbocycles. The van der Waals surface area contributed by atoms with Gasteiger partial charge in [0.15, 0.2) is 0 Å². The zero-order chi connectivity index (χ0) is 18.4. The van der Waals surface area contributed by atoms with Gasteiger partial charge in [-0.2, -0.15) is 0 Å². The number of nitrogens with one attached hydrogen (secondary N) is 2. The van der Waals surface area contributed by atoms with E-state index in [9.17, 15) is 9.59 Å². The first-order valence-corrected chi connectivity index (χ1v) is 8.97. The second kappa shape index (κ2) is 8.75. The van der Waals surface area contributed by atoms with Gasteiger partial charge in [0.2, 0.25) is 6.41 Å². The molecule has 3 rings (SSSR count). The van der Waals surface area contributed by atoms with Crippen LogP contribution >= 0.6 is 0 Å². The van der Waals surface area contributed by atoms with E-state index < -0.39 is 0 Å². The number of methoxy groups -OCH3 is 1. The van der Waals surface area contributed by atoms with Crippen LogP contribution in [0.15, 0.2) is 18.2 Å². The number of benzene rings is 1. The number of hydrogen-bond donors (Lipinski definition) is 2. The highest BCUT2D eigenvalue weighted by Gasteiger charge is 2.19. The van der Waals surface area contributed by atoms with Gasteiger partial charge in [0.05, 0.1) is 12.8 Å². The molecule has 2 aliphatic heterocycles. The molecule has 1 aromatic rings. The van der Waals surface area contributed by atoms with E-state index in [2.05, 4.69) is 15.5 Å². The number of piperazine rings is 1. The van der Waals surface area contributed by atoms with Gasteiger partial charge in [-0.15, -0.1) is 0 Å². The first-order chi connectivity index (χ1) is 12.7. The van der Waals surface area contributed by atoms with Gasteiger partial charge in [0.25, 0.3) is 0 Å². The Morgan fingerprint density at radius 2 is 1.96 bits per heavy atom. The molecule has 1 aromatic carbocycles. The number of amides is 3. The van der Waals surface area contributed by atoms with Crippen molar-refractivity contribution >= 4 is 23.8 Å². The molecule has 2 fully saturated rings. The summed E-state index contributed by atoms with van der Waals surface area (Å²) in [5, 5.41) is 5.89. The lowest BCUT2D eigenvalue weighted by Gasteiger charge is -2.34. The minimum absolute atomic E-state index is 0.134. The Morgan fingerprint density at radius 1 is 1.23 bits per heavy atom. The van der Waals surface area contributed by atoms with Crippen molar-refractivity contribution in [1.82, 2.24) is 10.2 Å². The molecule has 142 valence electrons. The van der Waals surface area contributed by atoms with Crippen LogP contribution in [0.2, 0.25) is 0 Å². The monoisotopic (exact) mass is 362 g/mol. The van der Waals surface area contributed by atoms with E-state index in [0.717, 1.165) is 38.0 Å². The predicted octanol–water partition coefficient (Wildman–Crippen LogP) is 1.27. The molecule has 8 nitrogen and oxygen atoms in total. The fourth-order valence-corrected chi connectivity index (χ4v) is 3.26. The summed E-state index contributed by atoms with van der Waals surface area (Å²) in [6, 6.07) is 5.63. The first-order valence-electron chi connectivity index (χ1n) is 8.97. The third kappa shape index (κ3) is 4.57. The van der Waals surface area contributed by atoms with Gasteiger partial charge < -0.3 is 29.9 Å². The molecule has 26 heavy (non-hydrogen) atoms. The highest BCUT2D eigenvalue weighted by Crippen LogP contribution is 2.30. The Morgan fingerprint density at radius 3 is 2.62 bits per heavy atom. The number of rotatable bonds is 5. The van der Waals surface area contributed by atoms with Gasteiger partial charge in [-0.25, -0.2) is 4.79 Å². The summed E-state index contributed by atoms with van der Waals surface area (Å²) < 4.78 is 10.7. The first kappa shape index (κ1) is 18.3. The maximum Gasteiger partial charge on any atom is 0.319 e. The molecular formula is C18H26N4O4. The van der Waals surface area contributed by atoms with E-state index in [-0.39, 0.29) is 12.1 Å². The Balaban J connectivity index is 1.65. The lowest BCUT2D eigenvalue weighted by atomic mass is 10.1. The van der Waals surface area contributed by atoms with Crippen LogP contribution in [-0.4, -0.2) is 69.9 Å². The van der Waals surface area contributed by atoms with Crippen molar-refractivity contribution in [3.05, 3.63) is 18.2 Å². The number of carbonyl (C=O) groups excluding carboxylic acids is 2. The quantitative estimate of drug-likeness (QED) is 0.771. The van der Waals surface area contributed by atoms with E-state index >= 15 is 0 Å². The maximum atomic E-state index is 12.3. The molecule has 0 radical (unpaired) electrons. The van der Waals surface area contributed by atoms with E-state index in [1.165, 1.54) is 0 Å². The third-order valence-electron chi connectivity index (χ3n) is 4.82. The van der Waals surface area contributed by atoms with Gasteiger partial charge in [0, 0.05) is 51.1 Å². The molecule has 0 aliphatic carbocycles. The topological polar surface area (TPSA) is 83.1 Å². The minimum atomic E-state index is -0.238. The summed E-state index contributed by atoms with van der Waals surface area (Å²) >= 11 is 0. The lowest BCUT2D eigenvalue weighted by molar-refractivity contribution is -0.118.